The molecule has 0 saturated carbocycles. The molecule has 1 N–H and O–H groups in total. The van der Waals surface area contributed by atoms with Crippen LogP contribution in [0.3, 0.4) is 0 Å². The first-order chi connectivity index (χ1) is 9.38. The average molecular weight is 258 g/mol. The van der Waals surface area contributed by atoms with Crippen LogP contribution in [0.2, 0.25) is 0 Å². The summed E-state index contributed by atoms with van der Waals surface area (Å²) < 4.78 is 0. The van der Waals surface area contributed by atoms with Crippen molar-refractivity contribution in [2.24, 2.45) is 5.92 Å². The van der Waals surface area contributed by atoms with Crippen LogP contribution in [-0.2, 0) is 12.8 Å². The molecule has 0 spiro atoms. The molecule has 1 fully saturated rings. The maximum Gasteiger partial charge on any atom is 0.0401 e. The lowest BCUT2D eigenvalue weighted by Gasteiger charge is -2.26. The molecule has 1 atom stereocenters. The molecular formula is C17H26N2. The summed E-state index contributed by atoms with van der Waals surface area (Å²) in [5.41, 5.74) is 4.80. The Morgan fingerprint density at radius 3 is 3.05 bits per heavy atom. The molecule has 1 aromatic carbocycles. The monoisotopic (exact) mass is 258 g/mol. The largest absolute Gasteiger partial charge is 0.371 e. The minimum atomic E-state index is 0.833. The molecule has 0 aromatic heterocycles. The van der Waals surface area contributed by atoms with E-state index in [0.717, 1.165) is 12.5 Å². The van der Waals surface area contributed by atoms with Gasteiger partial charge in [-0.15, -0.1) is 0 Å². The minimum Gasteiger partial charge on any atom is -0.371 e. The lowest BCUT2D eigenvalue weighted by Crippen LogP contribution is -2.27. The zero-order valence-electron chi connectivity index (χ0n) is 12.1. The molecule has 1 unspecified atom stereocenters. The smallest absolute Gasteiger partial charge is 0.0401 e. The van der Waals surface area contributed by atoms with Gasteiger partial charge in [0.05, 0.1) is 0 Å². The van der Waals surface area contributed by atoms with Gasteiger partial charge >= 0.3 is 0 Å². The number of hydrogen-bond acceptors (Lipinski definition) is 2. The fourth-order valence-corrected chi connectivity index (χ4v) is 3.62. The Labute approximate surface area is 117 Å². The Morgan fingerprint density at radius 2 is 2.16 bits per heavy atom. The first-order valence-electron chi connectivity index (χ1n) is 7.95. The number of rotatable bonds is 4. The highest BCUT2D eigenvalue weighted by atomic mass is 15.2. The fraction of sp³-hybridized carbons (Fsp3) is 0.647. The summed E-state index contributed by atoms with van der Waals surface area (Å²) >= 11 is 0. The van der Waals surface area contributed by atoms with Crippen LogP contribution < -0.4 is 10.2 Å². The molecule has 3 rings (SSSR count). The molecule has 1 aromatic rings. The van der Waals surface area contributed by atoms with Crippen molar-refractivity contribution in [1.29, 1.82) is 0 Å². The van der Waals surface area contributed by atoms with Crippen molar-refractivity contribution < 1.29 is 0 Å². The zero-order chi connectivity index (χ0) is 13.1. The summed E-state index contributed by atoms with van der Waals surface area (Å²) in [5, 5.41) is 3.50. The summed E-state index contributed by atoms with van der Waals surface area (Å²) in [4.78, 5) is 2.63. The molecule has 2 nitrogen and oxygen atoms in total. The number of nitrogens with one attached hydrogen (secondary N) is 1. The van der Waals surface area contributed by atoms with E-state index in [0.29, 0.717) is 0 Å². The number of fused-ring (bicyclic) bond motifs is 1. The summed E-state index contributed by atoms with van der Waals surface area (Å²) in [6.45, 7) is 6.95. The van der Waals surface area contributed by atoms with E-state index in [9.17, 15) is 0 Å². The van der Waals surface area contributed by atoms with Crippen LogP contribution in [-0.4, -0.2) is 26.2 Å². The number of nitrogens with zero attached hydrogens (tertiary/aromatic N) is 1. The number of anilines is 1. The lowest BCUT2D eigenvalue weighted by molar-refractivity contribution is 0.527. The summed E-state index contributed by atoms with van der Waals surface area (Å²) in [6.07, 6.45) is 6.67. The third kappa shape index (κ3) is 2.79. The third-order valence-corrected chi connectivity index (χ3v) is 4.68. The van der Waals surface area contributed by atoms with E-state index >= 15 is 0 Å². The van der Waals surface area contributed by atoms with Gasteiger partial charge in [0.15, 0.2) is 0 Å². The lowest BCUT2D eigenvalue weighted by atomic mass is 9.90. The molecular weight excluding hydrogens is 232 g/mol. The van der Waals surface area contributed by atoms with E-state index in [1.54, 1.807) is 11.1 Å². The van der Waals surface area contributed by atoms with Crippen LogP contribution in [0.25, 0.3) is 0 Å². The molecule has 0 radical (unpaired) electrons. The van der Waals surface area contributed by atoms with Crippen LogP contribution in [0.15, 0.2) is 18.2 Å². The highest BCUT2D eigenvalue weighted by Gasteiger charge is 2.25. The summed E-state index contributed by atoms with van der Waals surface area (Å²) in [6, 6.07) is 6.95. The van der Waals surface area contributed by atoms with Gasteiger partial charge in [-0.05, 0) is 68.3 Å². The van der Waals surface area contributed by atoms with Gasteiger partial charge < -0.3 is 10.2 Å². The van der Waals surface area contributed by atoms with Gasteiger partial charge in [0.2, 0.25) is 0 Å². The molecule has 2 heteroatoms. The second-order valence-corrected chi connectivity index (χ2v) is 6.03. The Bertz CT molecular complexity index is 427. The van der Waals surface area contributed by atoms with Gasteiger partial charge in [-0.2, -0.15) is 0 Å². The Kier molecular flexibility index (Phi) is 4.07. The maximum absolute atomic E-state index is 3.50. The Morgan fingerprint density at radius 1 is 1.26 bits per heavy atom. The predicted octanol–water partition coefficient (Wildman–Crippen LogP) is 3.00. The quantitative estimate of drug-likeness (QED) is 0.893. The number of hydrogen-bond donors (Lipinski definition) is 1. The van der Waals surface area contributed by atoms with Gasteiger partial charge in [0.25, 0.3) is 0 Å². The van der Waals surface area contributed by atoms with Crippen LogP contribution in [0.1, 0.15) is 37.3 Å². The van der Waals surface area contributed by atoms with Crippen molar-refractivity contribution in [3.8, 4) is 0 Å². The standard InChI is InChI=1S/C17H26N2/c1-2-18-12-14-10-11-19(13-14)17-9-5-7-15-6-3-4-8-16(15)17/h5,7,9,14,18H,2-4,6,8,10-13H2,1H3. The van der Waals surface area contributed by atoms with Crippen molar-refractivity contribution in [1.82, 2.24) is 5.32 Å². The third-order valence-electron chi connectivity index (χ3n) is 4.68. The van der Waals surface area contributed by atoms with Crippen molar-refractivity contribution in [2.75, 3.05) is 31.1 Å². The van der Waals surface area contributed by atoms with Gasteiger partial charge in [-0.25, -0.2) is 0 Å². The highest BCUT2D eigenvalue weighted by molar-refractivity contribution is 5.58. The van der Waals surface area contributed by atoms with Gasteiger partial charge in [-0.1, -0.05) is 19.1 Å². The van der Waals surface area contributed by atoms with Crippen LogP contribution in [0.4, 0.5) is 5.69 Å². The first kappa shape index (κ1) is 13.0. The van der Waals surface area contributed by atoms with Crippen molar-refractivity contribution in [2.45, 2.75) is 39.0 Å². The van der Waals surface area contributed by atoms with Crippen molar-refractivity contribution in [3.05, 3.63) is 29.3 Å². The maximum atomic E-state index is 3.50. The highest BCUT2D eigenvalue weighted by Crippen LogP contribution is 2.33. The molecule has 2 aliphatic rings. The SMILES string of the molecule is CCNCC1CCN(c2cccc3c2CCCC3)C1. The summed E-state index contributed by atoms with van der Waals surface area (Å²) in [7, 11) is 0. The van der Waals surface area contributed by atoms with E-state index in [4.69, 9.17) is 0 Å². The van der Waals surface area contributed by atoms with Gasteiger partial charge in [0, 0.05) is 18.8 Å². The van der Waals surface area contributed by atoms with Gasteiger partial charge in [0.1, 0.15) is 0 Å². The number of benzene rings is 1. The van der Waals surface area contributed by atoms with E-state index in [1.165, 1.54) is 57.4 Å². The minimum absolute atomic E-state index is 0.833. The van der Waals surface area contributed by atoms with Crippen molar-refractivity contribution >= 4 is 5.69 Å². The van der Waals surface area contributed by atoms with Crippen LogP contribution in [0.5, 0.6) is 0 Å². The molecule has 1 saturated heterocycles. The van der Waals surface area contributed by atoms with E-state index in [1.807, 2.05) is 0 Å². The molecule has 1 aliphatic carbocycles. The average Bonchev–Trinajstić information content (AvgIpc) is 2.93. The second kappa shape index (κ2) is 5.96. The summed E-state index contributed by atoms with van der Waals surface area (Å²) in [5.74, 6) is 0.833. The molecule has 104 valence electrons. The van der Waals surface area contributed by atoms with Crippen molar-refractivity contribution in [3.63, 3.8) is 0 Å². The normalized spacial score (nSPS) is 22.6. The molecule has 1 heterocycles. The van der Waals surface area contributed by atoms with Crippen LogP contribution >= 0.6 is 0 Å². The fourth-order valence-electron chi connectivity index (χ4n) is 3.62. The van der Waals surface area contributed by atoms with E-state index in [2.05, 4.69) is 35.3 Å². The molecule has 1 aliphatic heterocycles. The second-order valence-electron chi connectivity index (χ2n) is 6.03. The molecule has 0 bridgehead atoms. The van der Waals surface area contributed by atoms with Gasteiger partial charge in [-0.3, -0.25) is 0 Å². The van der Waals surface area contributed by atoms with E-state index in [-0.39, 0.29) is 0 Å². The van der Waals surface area contributed by atoms with E-state index < -0.39 is 0 Å². The molecule has 0 amide bonds. The molecule has 19 heavy (non-hydrogen) atoms. The first-order valence-corrected chi connectivity index (χ1v) is 7.95. The number of aryl methyl sites for hydroxylation is 1. The van der Waals surface area contributed by atoms with Crippen LogP contribution in [0, 0.1) is 5.92 Å². The predicted molar refractivity (Wildman–Crippen MR) is 81.9 cm³/mol. The Balaban J connectivity index is 1.73. The zero-order valence-corrected chi connectivity index (χ0v) is 12.1. The Hall–Kier alpha value is -1.02. The topological polar surface area (TPSA) is 15.3 Å².